The summed E-state index contributed by atoms with van der Waals surface area (Å²) >= 11 is 2.01. The molecule has 0 heterocycles. The first-order valence-electron chi connectivity index (χ1n) is 3.66. The zero-order valence-corrected chi connectivity index (χ0v) is 10.2. The third-order valence-corrected chi connectivity index (χ3v) is 2.31. The Labute approximate surface area is 96.9 Å². The van der Waals surface area contributed by atoms with E-state index in [4.69, 9.17) is 11.0 Å². The molecule has 1 rings (SSSR count). The summed E-state index contributed by atoms with van der Waals surface area (Å²) in [6.45, 7) is 0.191. The fourth-order valence-corrected chi connectivity index (χ4v) is 1.34. The number of benzene rings is 1. The Kier molecular flexibility index (Phi) is 4.88. The summed E-state index contributed by atoms with van der Waals surface area (Å²) in [5.74, 6) is 2.17. The van der Waals surface area contributed by atoms with Crippen molar-refractivity contribution in [1.29, 1.82) is 0 Å². The molecule has 1 aromatic carbocycles. The first kappa shape index (κ1) is 11.4. The van der Waals surface area contributed by atoms with Crippen LogP contribution in [0.3, 0.4) is 0 Å². The maximum absolute atomic E-state index is 11.4. The van der Waals surface area contributed by atoms with Crippen molar-refractivity contribution in [2.45, 2.75) is 0 Å². The predicted octanol–water partition coefficient (Wildman–Crippen LogP) is 2.27. The number of nitrogens with one attached hydrogen (secondary N) is 1. The van der Waals surface area contributed by atoms with Gasteiger partial charge in [-0.2, -0.15) is 0 Å². The molecule has 72 valence electrons. The maximum Gasteiger partial charge on any atom is 0.275 e. The molecule has 3 nitrogen and oxygen atoms in total. The van der Waals surface area contributed by atoms with Crippen molar-refractivity contribution in [1.82, 2.24) is 5.48 Å². The van der Waals surface area contributed by atoms with Crippen molar-refractivity contribution in [2.24, 2.45) is 0 Å². The molecule has 0 spiro atoms. The summed E-state index contributed by atoms with van der Waals surface area (Å²) in [6.07, 6.45) is 5.21. The number of hydrogen-bond acceptors (Lipinski definition) is 2. The van der Waals surface area contributed by atoms with E-state index in [9.17, 15) is 4.79 Å². The first-order valence-corrected chi connectivity index (χ1v) is 7.68. The Bertz CT molecular complexity index is 375. The van der Waals surface area contributed by atoms with Crippen LogP contribution in [0.4, 0.5) is 0 Å². The number of rotatable bonds is 3. The summed E-state index contributed by atoms with van der Waals surface area (Å²) < 4.78 is 4.79. The average molecular weight is 319 g/mol. The molecular weight excluding hydrogens is 312 g/mol. The smallest absolute Gasteiger partial charge is 0.267 e. The van der Waals surface area contributed by atoms with E-state index >= 15 is 0 Å². The van der Waals surface area contributed by atoms with E-state index in [1.807, 2.05) is 22.0 Å². The molecule has 1 N–H and O–H groups in total. The lowest BCUT2D eigenvalue weighted by Gasteiger charge is -2.02. The summed E-state index contributed by atoms with van der Waals surface area (Å²) in [5.41, 5.74) is 3.47. The quantitative estimate of drug-likeness (QED) is 0.402. The number of carbonyl (C=O) groups is 1. The zero-order valence-electron chi connectivity index (χ0n) is 7.08. The molecular formula is C9H7INO2P. The first-order chi connectivity index (χ1) is 6.77. The molecule has 0 bridgehead atoms. The van der Waals surface area contributed by atoms with Crippen LogP contribution in [0.25, 0.3) is 0 Å². The van der Waals surface area contributed by atoms with E-state index < -0.39 is 0 Å². The van der Waals surface area contributed by atoms with E-state index in [2.05, 4.69) is 11.4 Å². The highest BCUT2D eigenvalue weighted by atomic mass is 127. The minimum atomic E-state index is -0.286. The van der Waals surface area contributed by atoms with Crippen LogP contribution in [0.5, 0.6) is 0 Å². The Hall–Kier alpha value is -0.630. The maximum atomic E-state index is 11.4. The van der Waals surface area contributed by atoms with Gasteiger partial charge in [0.15, 0.2) is 0 Å². The molecule has 1 amide bonds. The number of terminal acetylenes is 1. The molecule has 14 heavy (non-hydrogen) atoms. The van der Waals surface area contributed by atoms with Gasteiger partial charge in [-0.05, 0) is 40.2 Å². The van der Waals surface area contributed by atoms with E-state index in [0.29, 0.717) is 11.1 Å². The summed E-state index contributed by atoms with van der Waals surface area (Å²) in [6, 6.07) is 6.80. The molecule has 1 atom stereocenters. The molecule has 0 aromatic heterocycles. The number of amides is 1. The van der Waals surface area contributed by atoms with Crippen molar-refractivity contribution in [3.63, 3.8) is 0 Å². The van der Waals surface area contributed by atoms with Gasteiger partial charge in [0, 0.05) is 11.1 Å². The van der Waals surface area contributed by atoms with Gasteiger partial charge in [-0.15, -0.1) is 6.42 Å². The second-order valence-electron chi connectivity index (χ2n) is 2.34. The number of hydroxylamine groups is 1. The topological polar surface area (TPSA) is 38.3 Å². The number of carbonyl (C=O) groups excluding carboxylic acids is 1. The predicted molar refractivity (Wildman–Crippen MR) is 65.3 cm³/mol. The molecule has 0 aliphatic carbocycles. The van der Waals surface area contributed by atoms with Crippen molar-refractivity contribution >= 4 is 34.4 Å². The van der Waals surface area contributed by atoms with Crippen LogP contribution in [0, 0.1) is 12.3 Å². The molecule has 1 aromatic rings. The van der Waals surface area contributed by atoms with Crippen LogP contribution < -0.4 is 5.48 Å². The standard InChI is InChI=1S/C9H7INO2P/c1-2-7-4-3-5-8(6-7)9(12)11-13-14-10/h1,3-6,14H,(H,11,12). The summed E-state index contributed by atoms with van der Waals surface area (Å²) in [5, 5.41) is 0. The van der Waals surface area contributed by atoms with Crippen LogP contribution in [-0.2, 0) is 4.62 Å². The molecule has 0 fully saturated rings. The second kappa shape index (κ2) is 5.97. The molecule has 5 heteroatoms. The molecule has 0 saturated heterocycles. The van der Waals surface area contributed by atoms with Gasteiger partial charge in [-0.3, -0.25) is 4.79 Å². The van der Waals surface area contributed by atoms with E-state index in [1.165, 1.54) is 0 Å². The van der Waals surface area contributed by atoms with Crippen LogP contribution in [0.2, 0.25) is 0 Å². The summed E-state index contributed by atoms with van der Waals surface area (Å²) in [4.78, 5) is 11.4. The van der Waals surface area contributed by atoms with Gasteiger partial charge in [0.2, 0.25) is 0 Å². The van der Waals surface area contributed by atoms with Crippen molar-refractivity contribution in [2.75, 3.05) is 0 Å². The van der Waals surface area contributed by atoms with Crippen molar-refractivity contribution in [3.05, 3.63) is 35.4 Å². The van der Waals surface area contributed by atoms with Crippen LogP contribution in [-0.4, -0.2) is 5.91 Å². The van der Waals surface area contributed by atoms with Crippen molar-refractivity contribution in [3.8, 4) is 12.3 Å². The zero-order chi connectivity index (χ0) is 10.4. The van der Waals surface area contributed by atoms with Crippen LogP contribution >= 0.6 is 28.5 Å². The van der Waals surface area contributed by atoms with Crippen LogP contribution in [0.1, 0.15) is 15.9 Å². The second-order valence-corrected chi connectivity index (χ2v) is 4.02. The highest BCUT2D eigenvalue weighted by Gasteiger charge is 2.04. The van der Waals surface area contributed by atoms with Gasteiger partial charge >= 0.3 is 0 Å². The fourth-order valence-electron chi connectivity index (χ4n) is 0.875. The van der Waals surface area contributed by atoms with Gasteiger partial charge in [0.25, 0.3) is 5.91 Å². The highest BCUT2D eigenvalue weighted by Crippen LogP contribution is 2.19. The van der Waals surface area contributed by atoms with Gasteiger partial charge < -0.3 is 0 Å². The summed E-state index contributed by atoms with van der Waals surface area (Å²) in [7, 11) is 0. The minimum Gasteiger partial charge on any atom is -0.267 e. The lowest BCUT2D eigenvalue weighted by atomic mass is 10.1. The number of hydrogen-bond donors (Lipinski definition) is 1. The Morgan fingerprint density at radius 2 is 2.43 bits per heavy atom. The number of halogens is 1. The van der Waals surface area contributed by atoms with Gasteiger partial charge in [0.05, 0.1) is 0 Å². The molecule has 1 unspecified atom stereocenters. The monoisotopic (exact) mass is 319 g/mol. The Balaban J connectivity index is 2.75. The molecule has 0 aliphatic heterocycles. The third-order valence-electron chi connectivity index (χ3n) is 1.47. The van der Waals surface area contributed by atoms with Gasteiger partial charge in [0.1, 0.15) is 6.45 Å². The largest absolute Gasteiger partial charge is 0.275 e. The lowest BCUT2D eigenvalue weighted by molar-refractivity contribution is 0.0795. The average Bonchev–Trinajstić information content (AvgIpc) is 2.26. The van der Waals surface area contributed by atoms with Crippen LogP contribution in [0.15, 0.2) is 24.3 Å². The van der Waals surface area contributed by atoms with E-state index in [0.717, 1.165) is 0 Å². The third kappa shape index (κ3) is 3.26. The fraction of sp³-hybridized carbons (Fsp3) is 0. The Morgan fingerprint density at radius 3 is 3.07 bits per heavy atom. The van der Waals surface area contributed by atoms with E-state index in [-0.39, 0.29) is 12.4 Å². The molecule has 0 radical (unpaired) electrons. The highest BCUT2D eigenvalue weighted by molar-refractivity contribution is 14.2. The van der Waals surface area contributed by atoms with Gasteiger partial charge in [-0.25, -0.2) is 10.1 Å². The lowest BCUT2D eigenvalue weighted by Crippen LogP contribution is -2.19. The Morgan fingerprint density at radius 1 is 1.64 bits per heavy atom. The normalized spacial score (nSPS) is 10.0. The van der Waals surface area contributed by atoms with Crippen molar-refractivity contribution < 1.29 is 9.42 Å². The van der Waals surface area contributed by atoms with E-state index in [1.54, 1.807) is 24.3 Å². The SMILES string of the molecule is C#Cc1cccc(C(=O)NOPI)c1. The minimum absolute atomic E-state index is 0.191. The molecule has 0 saturated carbocycles. The molecule has 0 aliphatic rings. The van der Waals surface area contributed by atoms with Gasteiger partial charge in [-0.1, -0.05) is 12.0 Å².